The molecular weight excluding hydrogens is 364 g/mol. The van der Waals surface area contributed by atoms with Crippen LogP contribution in [0.25, 0.3) is 5.65 Å². The van der Waals surface area contributed by atoms with E-state index in [1.807, 2.05) is 39.1 Å². The van der Waals surface area contributed by atoms with Crippen LogP contribution in [0.4, 0.5) is 11.5 Å². The fourth-order valence-electron chi connectivity index (χ4n) is 2.23. The third-order valence-electron chi connectivity index (χ3n) is 3.41. The van der Waals surface area contributed by atoms with E-state index in [4.69, 9.17) is 11.6 Å². The first-order chi connectivity index (χ1) is 12.5. The van der Waals surface area contributed by atoms with Gasteiger partial charge in [-0.25, -0.2) is 4.98 Å². The fraction of sp³-hybridized carbons (Fsp3) is 0.400. The molecule has 0 atom stereocenters. The molecule has 1 aromatic carbocycles. The molecule has 0 aliphatic carbocycles. The van der Waals surface area contributed by atoms with Gasteiger partial charge in [-0.2, -0.15) is 22.2 Å². The first-order valence-corrected chi connectivity index (χ1v) is 9.96. The lowest BCUT2D eigenvalue weighted by Gasteiger charge is -2.10. The Hall–Kier alpha value is -1.72. The highest BCUT2D eigenvalue weighted by Crippen LogP contribution is 2.25. The molecule has 0 spiro atoms. The van der Waals surface area contributed by atoms with Crippen LogP contribution in [0.2, 0.25) is 5.15 Å². The van der Waals surface area contributed by atoms with E-state index >= 15 is 0 Å². The fourth-order valence-corrected chi connectivity index (χ4v) is 2.41. The SMILES string of the molecule is CC.CCS.Cc1ccc(Nc2cc(Cl)nc3c(C(C)C)cnn23)cc1. The smallest absolute Gasteiger partial charge is 0.162 e. The Labute approximate surface area is 167 Å². The lowest BCUT2D eigenvalue weighted by molar-refractivity contribution is 0.872. The Morgan fingerprint density at radius 3 is 2.31 bits per heavy atom. The molecule has 0 radical (unpaired) electrons. The van der Waals surface area contributed by atoms with E-state index in [2.05, 4.69) is 60.9 Å². The zero-order chi connectivity index (χ0) is 19.7. The molecule has 0 aliphatic heterocycles. The lowest BCUT2D eigenvalue weighted by atomic mass is 10.1. The molecule has 142 valence electrons. The number of aromatic nitrogens is 3. The standard InChI is InChI=1S/C16H17ClN4.C2H6S.C2H6/c1-10(2)13-9-18-21-15(8-14(17)20-16(13)21)19-12-6-4-11(3)5-7-12;1-2-3;1-2/h4-10,19H,1-3H3;3H,2H2,1H3;1-2H3. The molecule has 0 saturated carbocycles. The van der Waals surface area contributed by atoms with Crippen molar-refractivity contribution < 1.29 is 0 Å². The van der Waals surface area contributed by atoms with E-state index in [0.717, 1.165) is 28.5 Å². The van der Waals surface area contributed by atoms with E-state index in [-0.39, 0.29) is 0 Å². The molecule has 2 aromatic heterocycles. The minimum absolute atomic E-state index is 0.348. The van der Waals surface area contributed by atoms with Crippen molar-refractivity contribution in [2.75, 3.05) is 11.1 Å². The Balaban J connectivity index is 0.000000615. The van der Waals surface area contributed by atoms with Gasteiger partial charge in [0, 0.05) is 17.3 Å². The van der Waals surface area contributed by atoms with Crippen molar-refractivity contribution in [3.63, 3.8) is 0 Å². The van der Waals surface area contributed by atoms with Gasteiger partial charge in [0.15, 0.2) is 5.65 Å². The number of benzene rings is 1. The van der Waals surface area contributed by atoms with Crippen LogP contribution < -0.4 is 5.32 Å². The number of hydrogen-bond donors (Lipinski definition) is 2. The van der Waals surface area contributed by atoms with Crippen LogP contribution in [-0.2, 0) is 0 Å². The third kappa shape index (κ3) is 5.92. The van der Waals surface area contributed by atoms with Crippen molar-refractivity contribution in [2.24, 2.45) is 0 Å². The number of fused-ring (bicyclic) bond motifs is 1. The second kappa shape index (κ2) is 11.1. The number of anilines is 2. The molecule has 6 heteroatoms. The van der Waals surface area contributed by atoms with Gasteiger partial charge < -0.3 is 5.32 Å². The molecule has 0 unspecified atom stereocenters. The van der Waals surface area contributed by atoms with Crippen molar-refractivity contribution in [1.82, 2.24) is 14.6 Å². The summed E-state index contributed by atoms with van der Waals surface area (Å²) < 4.78 is 1.79. The van der Waals surface area contributed by atoms with Crippen LogP contribution in [0.1, 0.15) is 51.7 Å². The summed E-state index contributed by atoms with van der Waals surface area (Å²) in [4.78, 5) is 4.40. The van der Waals surface area contributed by atoms with E-state index in [9.17, 15) is 0 Å². The van der Waals surface area contributed by atoms with E-state index < -0.39 is 0 Å². The van der Waals surface area contributed by atoms with E-state index in [0.29, 0.717) is 11.1 Å². The molecule has 0 saturated heterocycles. The average molecular weight is 393 g/mol. The maximum absolute atomic E-state index is 6.16. The Kier molecular flexibility index (Phi) is 9.52. The Bertz CT molecular complexity index is 797. The molecule has 4 nitrogen and oxygen atoms in total. The van der Waals surface area contributed by atoms with Crippen LogP contribution in [0.5, 0.6) is 0 Å². The van der Waals surface area contributed by atoms with Crippen molar-refractivity contribution in [3.8, 4) is 0 Å². The van der Waals surface area contributed by atoms with Gasteiger partial charge in [0.25, 0.3) is 0 Å². The summed E-state index contributed by atoms with van der Waals surface area (Å²) in [6.45, 7) is 12.3. The van der Waals surface area contributed by atoms with E-state index in [1.165, 1.54) is 5.56 Å². The van der Waals surface area contributed by atoms with Gasteiger partial charge in [-0.15, -0.1) is 0 Å². The molecule has 3 aromatic rings. The summed E-state index contributed by atoms with van der Waals surface area (Å²) in [6, 6.07) is 9.96. The normalized spacial score (nSPS) is 10.0. The highest BCUT2D eigenvalue weighted by Gasteiger charge is 2.13. The number of aryl methyl sites for hydroxylation is 1. The van der Waals surface area contributed by atoms with Gasteiger partial charge in [0.2, 0.25) is 0 Å². The minimum atomic E-state index is 0.348. The predicted octanol–water partition coefficient (Wildman–Crippen LogP) is 6.52. The molecule has 1 N–H and O–H groups in total. The first kappa shape index (κ1) is 22.3. The quantitative estimate of drug-likeness (QED) is 0.393. The van der Waals surface area contributed by atoms with Crippen LogP contribution >= 0.6 is 24.2 Å². The number of nitrogens with zero attached hydrogens (tertiary/aromatic N) is 3. The van der Waals surface area contributed by atoms with Crippen molar-refractivity contribution in [3.05, 3.63) is 52.8 Å². The van der Waals surface area contributed by atoms with Gasteiger partial charge in [-0.3, -0.25) is 0 Å². The first-order valence-electron chi connectivity index (χ1n) is 8.95. The van der Waals surface area contributed by atoms with Gasteiger partial charge in [-0.05, 0) is 30.7 Å². The van der Waals surface area contributed by atoms with E-state index in [1.54, 1.807) is 10.6 Å². The topological polar surface area (TPSA) is 42.2 Å². The maximum atomic E-state index is 6.16. The van der Waals surface area contributed by atoms with Crippen molar-refractivity contribution >= 4 is 41.4 Å². The number of halogens is 1. The minimum Gasteiger partial charge on any atom is -0.340 e. The summed E-state index contributed by atoms with van der Waals surface area (Å²) in [5.74, 6) is 2.10. The lowest BCUT2D eigenvalue weighted by Crippen LogP contribution is -2.02. The zero-order valence-corrected chi connectivity index (χ0v) is 18.1. The predicted molar refractivity (Wildman–Crippen MR) is 117 cm³/mol. The largest absolute Gasteiger partial charge is 0.340 e. The molecular formula is C20H29ClN4S. The number of rotatable bonds is 3. The number of thiol groups is 1. The second-order valence-electron chi connectivity index (χ2n) is 5.76. The van der Waals surface area contributed by atoms with Crippen LogP contribution in [0.3, 0.4) is 0 Å². The number of nitrogens with one attached hydrogen (secondary N) is 1. The van der Waals surface area contributed by atoms with Crippen molar-refractivity contribution in [2.45, 2.75) is 47.5 Å². The summed E-state index contributed by atoms with van der Waals surface area (Å²) in [7, 11) is 0. The molecule has 0 aliphatic rings. The summed E-state index contributed by atoms with van der Waals surface area (Å²) in [6.07, 6.45) is 1.85. The zero-order valence-electron chi connectivity index (χ0n) is 16.4. The van der Waals surface area contributed by atoms with Gasteiger partial charge in [0.05, 0.1) is 6.20 Å². The average Bonchev–Trinajstić information content (AvgIpc) is 3.03. The van der Waals surface area contributed by atoms with Gasteiger partial charge in [0.1, 0.15) is 11.0 Å². The van der Waals surface area contributed by atoms with Crippen LogP contribution in [-0.4, -0.2) is 20.4 Å². The van der Waals surface area contributed by atoms with Crippen LogP contribution in [0, 0.1) is 6.92 Å². The monoisotopic (exact) mass is 392 g/mol. The molecule has 3 rings (SSSR count). The highest BCUT2D eigenvalue weighted by atomic mass is 35.5. The number of hydrogen-bond acceptors (Lipinski definition) is 4. The Morgan fingerprint density at radius 1 is 1.19 bits per heavy atom. The van der Waals surface area contributed by atoms with Gasteiger partial charge in [-0.1, -0.05) is 63.9 Å². The molecule has 2 heterocycles. The molecule has 26 heavy (non-hydrogen) atoms. The highest BCUT2D eigenvalue weighted by molar-refractivity contribution is 7.80. The van der Waals surface area contributed by atoms with Crippen molar-refractivity contribution in [1.29, 1.82) is 0 Å². The second-order valence-corrected chi connectivity index (χ2v) is 6.78. The maximum Gasteiger partial charge on any atom is 0.162 e. The molecule has 0 fully saturated rings. The molecule has 0 bridgehead atoms. The summed E-state index contributed by atoms with van der Waals surface area (Å²) >= 11 is 9.95. The van der Waals surface area contributed by atoms with Gasteiger partial charge >= 0.3 is 0 Å². The summed E-state index contributed by atoms with van der Waals surface area (Å²) in [5, 5.41) is 8.23. The van der Waals surface area contributed by atoms with Crippen LogP contribution in [0.15, 0.2) is 36.5 Å². The Morgan fingerprint density at radius 2 is 1.77 bits per heavy atom. The molecule has 0 amide bonds. The summed E-state index contributed by atoms with van der Waals surface area (Å²) in [5.41, 5.74) is 4.10. The third-order valence-corrected chi connectivity index (χ3v) is 3.61.